The number of carbonyl (C=O) groups excluding carboxylic acids is 2. The molecule has 2 amide bonds. The molecule has 0 spiro atoms. The first-order chi connectivity index (χ1) is 19.5. The minimum absolute atomic E-state index is 0.106. The summed E-state index contributed by atoms with van der Waals surface area (Å²) in [5.41, 5.74) is 1.02. The molecule has 1 N–H and O–H groups in total. The Morgan fingerprint density at radius 3 is 2.12 bits per heavy atom. The summed E-state index contributed by atoms with van der Waals surface area (Å²) in [6.07, 6.45) is 1.73. The normalized spacial score (nSPS) is 12.1. The topological polar surface area (TPSA) is 90.0 Å². The molecular formula is C30H36F2N4O4S. The van der Waals surface area contributed by atoms with Crippen molar-refractivity contribution >= 4 is 27.7 Å². The number of halogens is 2. The second-order valence-electron chi connectivity index (χ2n) is 9.75. The summed E-state index contributed by atoms with van der Waals surface area (Å²) in [7, 11) is -1.75. The number of hydrogen-bond donors (Lipinski definition) is 1. The number of benzene rings is 3. The Bertz CT molecular complexity index is 1400. The van der Waals surface area contributed by atoms with E-state index in [-0.39, 0.29) is 18.7 Å². The molecule has 0 bridgehead atoms. The maximum absolute atomic E-state index is 14.9. The lowest BCUT2D eigenvalue weighted by Gasteiger charge is -2.34. The van der Waals surface area contributed by atoms with Crippen LogP contribution in [0.2, 0.25) is 0 Å². The summed E-state index contributed by atoms with van der Waals surface area (Å²) < 4.78 is 56.7. The van der Waals surface area contributed by atoms with Crippen molar-refractivity contribution in [2.45, 2.75) is 38.8 Å². The quantitative estimate of drug-likeness (QED) is 0.288. The Hall–Kier alpha value is -3.83. The fourth-order valence-corrected chi connectivity index (χ4v) is 5.27. The maximum atomic E-state index is 14.9. The largest absolute Gasteiger partial charge is 0.354 e. The average molecular weight is 587 g/mol. The molecule has 0 heterocycles. The van der Waals surface area contributed by atoms with E-state index in [1.165, 1.54) is 61.5 Å². The third-order valence-electron chi connectivity index (χ3n) is 6.51. The van der Waals surface area contributed by atoms with Crippen molar-refractivity contribution in [3.8, 4) is 0 Å². The van der Waals surface area contributed by atoms with Gasteiger partial charge in [-0.25, -0.2) is 13.1 Å². The van der Waals surface area contributed by atoms with E-state index in [0.717, 1.165) is 28.8 Å². The molecule has 0 radical (unpaired) electrons. The van der Waals surface area contributed by atoms with Crippen LogP contribution in [0.4, 0.5) is 14.5 Å². The number of carbonyl (C=O) groups is 2. The SMILES string of the molecule is CCCCNC(=O)[C@H](Cc1ccccc1)N(Cc1ccc(F)cc1)C(=O)CN(c1ccccc1F)S(=O)(=O)N(C)C. The van der Waals surface area contributed by atoms with E-state index in [1.807, 2.05) is 37.3 Å². The highest BCUT2D eigenvalue weighted by atomic mass is 32.2. The van der Waals surface area contributed by atoms with Crippen LogP contribution in [-0.2, 0) is 32.8 Å². The van der Waals surface area contributed by atoms with E-state index in [9.17, 15) is 26.8 Å². The molecule has 11 heteroatoms. The van der Waals surface area contributed by atoms with Gasteiger partial charge in [0.25, 0.3) is 0 Å². The molecule has 0 saturated heterocycles. The summed E-state index contributed by atoms with van der Waals surface area (Å²) in [5.74, 6) is -2.43. The summed E-state index contributed by atoms with van der Waals surface area (Å²) in [5, 5.41) is 2.88. The van der Waals surface area contributed by atoms with Crippen LogP contribution in [0.5, 0.6) is 0 Å². The van der Waals surface area contributed by atoms with E-state index >= 15 is 0 Å². The maximum Gasteiger partial charge on any atom is 0.304 e. The monoisotopic (exact) mass is 586 g/mol. The molecule has 3 rings (SSSR count). The molecule has 3 aromatic carbocycles. The molecule has 220 valence electrons. The fourth-order valence-electron chi connectivity index (χ4n) is 4.20. The van der Waals surface area contributed by atoms with E-state index in [1.54, 1.807) is 0 Å². The van der Waals surface area contributed by atoms with Crippen LogP contribution in [0, 0.1) is 11.6 Å². The summed E-state index contributed by atoms with van der Waals surface area (Å²) in [6.45, 7) is 1.51. The fraction of sp³-hybridized carbons (Fsp3) is 0.333. The van der Waals surface area contributed by atoms with Crippen LogP contribution in [0.15, 0.2) is 78.9 Å². The highest BCUT2D eigenvalue weighted by molar-refractivity contribution is 7.90. The number of anilines is 1. The lowest BCUT2D eigenvalue weighted by atomic mass is 10.0. The predicted molar refractivity (Wildman–Crippen MR) is 155 cm³/mol. The van der Waals surface area contributed by atoms with Crippen LogP contribution in [0.25, 0.3) is 0 Å². The molecule has 3 aromatic rings. The van der Waals surface area contributed by atoms with Crippen LogP contribution in [0.3, 0.4) is 0 Å². The van der Waals surface area contributed by atoms with Crippen molar-refractivity contribution in [2.24, 2.45) is 0 Å². The molecule has 0 unspecified atom stereocenters. The molecule has 41 heavy (non-hydrogen) atoms. The number of amides is 2. The zero-order valence-corrected chi connectivity index (χ0v) is 24.3. The minimum atomic E-state index is -4.31. The number of rotatable bonds is 14. The molecular weight excluding hydrogens is 550 g/mol. The van der Waals surface area contributed by atoms with Gasteiger partial charge >= 0.3 is 10.2 Å². The third-order valence-corrected chi connectivity index (χ3v) is 8.31. The average Bonchev–Trinajstić information content (AvgIpc) is 2.95. The number of nitrogens with zero attached hydrogens (tertiary/aromatic N) is 3. The number of nitrogens with one attached hydrogen (secondary N) is 1. The lowest BCUT2D eigenvalue weighted by molar-refractivity contribution is -0.140. The van der Waals surface area contributed by atoms with E-state index in [0.29, 0.717) is 16.4 Å². The third kappa shape index (κ3) is 8.58. The van der Waals surface area contributed by atoms with Crippen LogP contribution in [0.1, 0.15) is 30.9 Å². The molecule has 0 saturated carbocycles. The van der Waals surface area contributed by atoms with Crippen molar-refractivity contribution in [1.82, 2.24) is 14.5 Å². The van der Waals surface area contributed by atoms with Crippen LogP contribution < -0.4 is 9.62 Å². The zero-order valence-electron chi connectivity index (χ0n) is 23.5. The van der Waals surface area contributed by atoms with Crippen molar-refractivity contribution in [1.29, 1.82) is 0 Å². The second kappa shape index (κ2) is 14.7. The summed E-state index contributed by atoms with van der Waals surface area (Å²) >= 11 is 0. The highest BCUT2D eigenvalue weighted by Gasteiger charge is 2.35. The van der Waals surface area contributed by atoms with Gasteiger partial charge in [0.15, 0.2) is 0 Å². The van der Waals surface area contributed by atoms with Crippen molar-refractivity contribution < 1.29 is 26.8 Å². The van der Waals surface area contributed by atoms with Crippen molar-refractivity contribution in [3.05, 3.63) is 102 Å². The number of unbranched alkanes of at least 4 members (excludes halogenated alkanes) is 1. The van der Waals surface area contributed by atoms with Gasteiger partial charge in [0.2, 0.25) is 11.8 Å². The summed E-state index contributed by atoms with van der Waals surface area (Å²) in [4.78, 5) is 28.9. The van der Waals surface area contributed by atoms with Gasteiger partial charge in [0, 0.05) is 33.6 Å². The Balaban J connectivity index is 2.08. The molecule has 0 aliphatic rings. The van der Waals surface area contributed by atoms with Gasteiger partial charge in [-0.15, -0.1) is 0 Å². The highest BCUT2D eigenvalue weighted by Crippen LogP contribution is 2.24. The predicted octanol–water partition coefficient (Wildman–Crippen LogP) is 4.13. The first-order valence-electron chi connectivity index (χ1n) is 13.3. The van der Waals surface area contributed by atoms with Gasteiger partial charge in [-0.3, -0.25) is 9.59 Å². The van der Waals surface area contributed by atoms with Crippen molar-refractivity contribution in [2.75, 3.05) is 31.5 Å². The van der Waals surface area contributed by atoms with E-state index < -0.39 is 46.2 Å². The second-order valence-corrected chi connectivity index (χ2v) is 11.8. The van der Waals surface area contributed by atoms with Crippen LogP contribution in [-0.4, -0.2) is 62.7 Å². The lowest BCUT2D eigenvalue weighted by Crippen LogP contribution is -2.54. The first kappa shape index (κ1) is 31.7. The Morgan fingerprint density at radius 2 is 1.51 bits per heavy atom. The van der Waals surface area contributed by atoms with Gasteiger partial charge in [0.05, 0.1) is 5.69 Å². The Labute approximate surface area is 240 Å². The smallest absolute Gasteiger partial charge is 0.304 e. The number of hydrogen-bond acceptors (Lipinski definition) is 4. The summed E-state index contributed by atoms with van der Waals surface area (Å²) in [6, 6.07) is 18.8. The molecule has 8 nitrogen and oxygen atoms in total. The van der Waals surface area contributed by atoms with Gasteiger partial charge in [-0.1, -0.05) is 67.9 Å². The van der Waals surface area contributed by atoms with E-state index in [2.05, 4.69) is 5.32 Å². The van der Waals surface area contributed by atoms with Crippen LogP contribution >= 0.6 is 0 Å². The molecule has 0 aliphatic carbocycles. The van der Waals surface area contributed by atoms with Gasteiger partial charge in [-0.05, 0) is 41.8 Å². The van der Waals surface area contributed by atoms with Crippen molar-refractivity contribution in [3.63, 3.8) is 0 Å². The Kier molecular flexibility index (Phi) is 11.4. The molecule has 0 fully saturated rings. The van der Waals surface area contributed by atoms with Gasteiger partial charge in [0.1, 0.15) is 24.2 Å². The minimum Gasteiger partial charge on any atom is -0.354 e. The number of para-hydroxylation sites is 1. The molecule has 0 aliphatic heterocycles. The molecule has 0 aromatic heterocycles. The Morgan fingerprint density at radius 1 is 0.878 bits per heavy atom. The standard InChI is InChI=1S/C30H36F2N4O4S/c1-4-5-19-33-30(38)28(20-23-11-7-6-8-12-23)35(21-24-15-17-25(31)18-16-24)29(37)22-36(41(39,40)34(2)3)27-14-10-9-13-26(27)32/h6-18,28H,4-5,19-22H2,1-3H3,(H,33,38)/t28-/m0/s1. The zero-order chi connectivity index (χ0) is 30.0. The molecule has 1 atom stereocenters. The van der Waals surface area contributed by atoms with Gasteiger partial charge < -0.3 is 10.2 Å². The van der Waals surface area contributed by atoms with E-state index in [4.69, 9.17) is 0 Å². The first-order valence-corrected chi connectivity index (χ1v) is 14.7. The van der Waals surface area contributed by atoms with Gasteiger partial charge in [-0.2, -0.15) is 12.7 Å².